The van der Waals surface area contributed by atoms with Crippen molar-refractivity contribution in [1.29, 1.82) is 0 Å². The summed E-state index contributed by atoms with van der Waals surface area (Å²) in [7, 11) is 0. The van der Waals surface area contributed by atoms with E-state index in [4.69, 9.17) is 9.47 Å². The normalized spacial score (nSPS) is 18.8. The third-order valence-corrected chi connectivity index (χ3v) is 4.31. The second-order valence-corrected chi connectivity index (χ2v) is 6.31. The standard InChI is InChI=1S/C20H18F2O4/c1-11(23)25-19-9-15-8-18(22)16(10-17(15)21)20(26-12(2)24)7-13-3-5-14(19)6-4-13/h3-6,8,10,19-20H,7,9H2,1-2H3. The molecule has 4 nitrogen and oxygen atoms in total. The smallest absolute Gasteiger partial charge is 0.303 e. The second kappa shape index (κ2) is 7.23. The number of halogens is 2. The fourth-order valence-corrected chi connectivity index (χ4v) is 3.13. The minimum atomic E-state index is -0.925. The van der Waals surface area contributed by atoms with E-state index in [0.29, 0.717) is 5.56 Å². The molecule has 6 rings (SSSR count). The van der Waals surface area contributed by atoms with Gasteiger partial charge < -0.3 is 9.47 Å². The number of carbonyl (C=O) groups is 2. The molecule has 0 spiro atoms. The Morgan fingerprint density at radius 1 is 0.885 bits per heavy atom. The van der Waals surface area contributed by atoms with Crippen LogP contribution in [0.2, 0.25) is 0 Å². The lowest BCUT2D eigenvalue weighted by molar-refractivity contribution is -0.147. The molecule has 0 heterocycles. The predicted molar refractivity (Wildman–Crippen MR) is 89.2 cm³/mol. The Kier molecular flexibility index (Phi) is 5.02. The molecule has 2 aromatic carbocycles. The van der Waals surface area contributed by atoms with Gasteiger partial charge in [-0.1, -0.05) is 24.3 Å². The summed E-state index contributed by atoms with van der Waals surface area (Å²) in [5.74, 6) is -2.37. The Hall–Kier alpha value is -2.76. The molecule has 0 N–H and O–H groups in total. The average molecular weight is 360 g/mol. The lowest BCUT2D eigenvalue weighted by Gasteiger charge is -2.23. The topological polar surface area (TPSA) is 52.6 Å². The number of rotatable bonds is 2. The van der Waals surface area contributed by atoms with Crippen LogP contribution in [-0.2, 0) is 31.9 Å². The number of ether oxygens (including phenoxy) is 2. The summed E-state index contributed by atoms with van der Waals surface area (Å²) in [6.07, 6.45) is -1.44. The molecule has 4 aliphatic carbocycles. The first-order valence-electron chi connectivity index (χ1n) is 8.24. The fourth-order valence-electron chi connectivity index (χ4n) is 3.13. The lowest BCUT2D eigenvalue weighted by atomic mass is 9.93. The molecule has 0 aromatic heterocycles. The van der Waals surface area contributed by atoms with Crippen LogP contribution in [0.15, 0.2) is 36.4 Å². The van der Waals surface area contributed by atoms with E-state index < -0.39 is 35.8 Å². The van der Waals surface area contributed by atoms with Gasteiger partial charge in [-0.3, -0.25) is 9.59 Å². The molecule has 0 fully saturated rings. The van der Waals surface area contributed by atoms with E-state index in [1.165, 1.54) is 13.8 Å². The summed E-state index contributed by atoms with van der Waals surface area (Å²) in [5.41, 5.74) is 1.53. The summed E-state index contributed by atoms with van der Waals surface area (Å²) in [6, 6.07) is 9.27. The van der Waals surface area contributed by atoms with Crippen LogP contribution in [0.5, 0.6) is 0 Å². The first kappa shape index (κ1) is 18.0. The van der Waals surface area contributed by atoms with Gasteiger partial charge >= 0.3 is 11.9 Å². The molecule has 0 aliphatic heterocycles. The van der Waals surface area contributed by atoms with Gasteiger partial charge in [-0.15, -0.1) is 0 Å². The number of carbonyl (C=O) groups excluding carboxylic acids is 2. The number of hydrogen-bond acceptors (Lipinski definition) is 4. The molecule has 2 atom stereocenters. The van der Waals surface area contributed by atoms with Crippen LogP contribution in [0.3, 0.4) is 0 Å². The van der Waals surface area contributed by atoms with Gasteiger partial charge in [0.05, 0.1) is 0 Å². The Morgan fingerprint density at radius 2 is 1.50 bits per heavy atom. The quantitative estimate of drug-likeness (QED) is 0.761. The van der Waals surface area contributed by atoms with Crippen LogP contribution >= 0.6 is 0 Å². The van der Waals surface area contributed by atoms with Crippen LogP contribution in [0.25, 0.3) is 0 Å². The van der Waals surface area contributed by atoms with Gasteiger partial charge in [0.15, 0.2) is 0 Å². The van der Waals surface area contributed by atoms with E-state index in [9.17, 15) is 18.4 Å². The molecular formula is C20H18F2O4. The van der Waals surface area contributed by atoms with E-state index in [1.54, 1.807) is 24.3 Å². The molecule has 0 saturated heterocycles. The van der Waals surface area contributed by atoms with Gasteiger partial charge in [-0.25, -0.2) is 8.78 Å². The molecule has 2 aromatic rings. The highest BCUT2D eigenvalue weighted by Crippen LogP contribution is 2.32. The maximum absolute atomic E-state index is 14.6. The number of benzene rings is 2. The van der Waals surface area contributed by atoms with E-state index >= 15 is 0 Å². The number of esters is 2. The van der Waals surface area contributed by atoms with Gasteiger partial charge in [0.1, 0.15) is 23.8 Å². The van der Waals surface area contributed by atoms with Crippen molar-refractivity contribution in [3.8, 4) is 0 Å². The van der Waals surface area contributed by atoms with Crippen molar-refractivity contribution < 1.29 is 27.8 Å². The van der Waals surface area contributed by atoms with E-state index in [2.05, 4.69) is 0 Å². The van der Waals surface area contributed by atoms with Crippen LogP contribution < -0.4 is 0 Å². The minimum absolute atomic E-state index is 0.000191. The van der Waals surface area contributed by atoms with Crippen molar-refractivity contribution in [2.45, 2.75) is 38.9 Å². The Morgan fingerprint density at radius 3 is 2.12 bits per heavy atom. The van der Waals surface area contributed by atoms with Crippen molar-refractivity contribution in [1.82, 2.24) is 0 Å². The van der Waals surface area contributed by atoms with Crippen molar-refractivity contribution in [2.75, 3.05) is 0 Å². The van der Waals surface area contributed by atoms with Crippen molar-refractivity contribution in [2.24, 2.45) is 0 Å². The van der Waals surface area contributed by atoms with Crippen molar-refractivity contribution in [3.63, 3.8) is 0 Å². The first-order valence-corrected chi connectivity index (χ1v) is 8.24. The highest BCUT2D eigenvalue weighted by atomic mass is 19.1. The van der Waals surface area contributed by atoms with Crippen LogP contribution in [0.1, 0.15) is 48.3 Å². The highest BCUT2D eigenvalue weighted by Gasteiger charge is 2.25. The second-order valence-electron chi connectivity index (χ2n) is 6.31. The lowest BCUT2D eigenvalue weighted by Crippen LogP contribution is -2.17. The Labute approximate surface area is 149 Å². The Balaban J connectivity index is 2.11. The molecule has 0 amide bonds. The SMILES string of the molecule is CC(=O)OC1Cc2cc(F)c(cc2F)C(OC(C)=O)Cc2ccc1cc2. The molecule has 2 unspecified atom stereocenters. The molecule has 6 heteroatoms. The van der Waals surface area contributed by atoms with Gasteiger partial charge in [0.2, 0.25) is 0 Å². The molecule has 136 valence electrons. The maximum Gasteiger partial charge on any atom is 0.303 e. The monoisotopic (exact) mass is 360 g/mol. The van der Waals surface area contributed by atoms with Gasteiger partial charge in [0.25, 0.3) is 0 Å². The average Bonchev–Trinajstić information content (AvgIpc) is 2.55. The van der Waals surface area contributed by atoms with Gasteiger partial charge in [0, 0.05) is 32.3 Å². The predicted octanol–water partition coefficient (Wildman–Crippen LogP) is 3.97. The van der Waals surface area contributed by atoms with E-state index in [1.807, 2.05) is 0 Å². The van der Waals surface area contributed by atoms with Gasteiger partial charge in [-0.2, -0.15) is 0 Å². The Bertz CT molecular complexity index is 846. The van der Waals surface area contributed by atoms with Crippen LogP contribution in [-0.4, -0.2) is 11.9 Å². The van der Waals surface area contributed by atoms with Crippen molar-refractivity contribution >= 4 is 11.9 Å². The summed E-state index contributed by atoms with van der Waals surface area (Å²) < 4.78 is 39.7. The molecule has 0 radical (unpaired) electrons. The van der Waals surface area contributed by atoms with E-state index in [0.717, 1.165) is 17.7 Å². The third kappa shape index (κ3) is 3.90. The first-order chi connectivity index (χ1) is 12.3. The maximum atomic E-state index is 14.6. The summed E-state index contributed by atoms with van der Waals surface area (Å²) in [4.78, 5) is 22.8. The summed E-state index contributed by atoms with van der Waals surface area (Å²) >= 11 is 0. The summed E-state index contributed by atoms with van der Waals surface area (Å²) in [5, 5.41) is 0. The minimum Gasteiger partial charge on any atom is -0.457 e. The molecule has 0 saturated carbocycles. The summed E-state index contributed by atoms with van der Waals surface area (Å²) in [6.45, 7) is 2.50. The van der Waals surface area contributed by atoms with Crippen LogP contribution in [0, 0.1) is 11.6 Å². The molecule has 4 aliphatic rings. The zero-order chi connectivity index (χ0) is 18.8. The fraction of sp³-hybridized carbons (Fsp3) is 0.300. The van der Waals surface area contributed by atoms with Gasteiger partial charge in [-0.05, 0) is 28.8 Å². The molecule has 4 bridgehead atoms. The van der Waals surface area contributed by atoms with Crippen LogP contribution in [0.4, 0.5) is 8.78 Å². The number of hydrogen-bond donors (Lipinski definition) is 0. The zero-order valence-electron chi connectivity index (χ0n) is 14.4. The third-order valence-electron chi connectivity index (χ3n) is 4.31. The zero-order valence-corrected chi connectivity index (χ0v) is 14.4. The highest BCUT2D eigenvalue weighted by molar-refractivity contribution is 5.67. The molecule has 26 heavy (non-hydrogen) atoms. The van der Waals surface area contributed by atoms with Crippen molar-refractivity contribution in [3.05, 3.63) is 70.3 Å². The largest absolute Gasteiger partial charge is 0.457 e. The molecular weight excluding hydrogens is 342 g/mol. The van der Waals surface area contributed by atoms with E-state index in [-0.39, 0.29) is 24.0 Å².